The lowest BCUT2D eigenvalue weighted by molar-refractivity contribution is -0.385. The van der Waals surface area contributed by atoms with Crippen LogP contribution in [-0.2, 0) is 16.2 Å². The highest BCUT2D eigenvalue weighted by atomic mass is 127. The van der Waals surface area contributed by atoms with Crippen LogP contribution in [0.2, 0.25) is 0 Å². The third-order valence-corrected chi connectivity index (χ3v) is 6.99. The lowest BCUT2D eigenvalue weighted by atomic mass is 10.1. The third-order valence-electron chi connectivity index (χ3n) is 5.36. The van der Waals surface area contributed by atoms with Gasteiger partial charge in [0.2, 0.25) is 5.91 Å². The van der Waals surface area contributed by atoms with Crippen LogP contribution in [0.15, 0.2) is 71.6 Å². The van der Waals surface area contributed by atoms with E-state index in [9.17, 15) is 24.5 Å². The molecule has 194 valence electrons. The van der Waals surface area contributed by atoms with Crippen LogP contribution < -0.4 is 14.8 Å². The van der Waals surface area contributed by atoms with Crippen LogP contribution in [0, 0.1) is 13.7 Å². The minimum atomic E-state index is -0.587. The number of nitro groups is 1. The minimum Gasteiger partial charge on any atom is -0.493 e. The van der Waals surface area contributed by atoms with Crippen LogP contribution in [0.4, 0.5) is 16.2 Å². The number of nitrogens with one attached hydrogen (secondary N) is 1. The number of nitro benzene ring substituents is 1. The number of imide groups is 1. The summed E-state index contributed by atoms with van der Waals surface area (Å²) in [6.07, 6.45) is 1.51. The number of ether oxygens (including phenoxy) is 2. The van der Waals surface area contributed by atoms with Crippen molar-refractivity contribution in [3.8, 4) is 11.5 Å². The molecule has 0 unspecified atom stereocenters. The molecule has 0 aromatic heterocycles. The standard InChI is InChI=1S/C26H20IN3O7S/c1-36-21-11-6-16(12-22(21)37-15-17-4-2-3-5-20(17)30(34)35)13-23-25(32)29(26(33)38-23)14-24(31)28-19-9-7-18(27)8-10-19/h2-13H,14-15H2,1H3,(H,28,31)/b23-13-. The maximum absolute atomic E-state index is 12.9. The van der Waals surface area contributed by atoms with E-state index in [-0.39, 0.29) is 17.2 Å². The Kier molecular flexibility index (Phi) is 8.63. The summed E-state index contributed by atoms with van der Waals surface area (Å²) < 4.78 is 12.2. The van der Waals surface area contributed by atoms with Crippen molar-refractivity contribution in [2.45, 2.75) is 6.61 Å². The first kappa shape index (κ1) is 27.1. The first-order valence-corrected chi connectivity index (χ1v) is 13.0. The van der Waals surface area contributed by atoms with Crippen molar-refractivity contribution in [1.82, 2.24) is 4.90 Å². The fraction of sp³-hybridized carbons (Fsp3) is 0.115. The second-order valence-electron chi connectivity index (χ2n) is 7.91. The van der Waals surface area contributed by atoms with Gasteiger partial charge in [-0.1, -0.05) is 18.2 Å². The molecule has 0 radical (unpaired) electrons. The summed E-state index contributed by atoms with van der Waals surface area (Å²) in [6.45, 7) is -0.496. The zero-order chi connectivity index (χ0) is 27.2. The molecule has 1 fully saturated rings. The normalized spacial score (nSPS) is 14.1. The summed E-state index contributed by atoms with van der Waals surface area (Å²) in [5, 5.41) is 13.4. The molecular weight excluding hydrogens is 625 g/mol. The van der Waals surface area contributed by atoms with Crippen LogP contribution in [0.25, 0.3) is 6.08 Å². The molecule has 1 N–H and O–H groups in total. The number of thioether (sulfide) groups is 1. The van der Waals surface area contributed by atoms with Gasteiger partial charge in [-0.25, -0.2) is 0 Å². The van der Waals surface area contributed by atoms with Gasteiger partial charge in [0.1, 0.15) is 13.2 Å². The largest absolute Gasteiger partial charge is 0.493 e. The van der Waals surface area contributed by atoms with Crippen molar-refractivity contribution in [2.75, 3.05) is 19.0 Å². The van der Waals surface area contributed by atoms with Crippen LogP contribution >= 0.6 is 34.4 Å². The summed E-state index contributed by atoms with van der Waals surface area (Å²) >= 11 is 2.87. The van der Waals surface area contributed by atoms with Gasteiger partial charge < -0.3 is 14.8 Å². The number of methoxy groups -OCH3 is 1. The van der Waals surface area contributed by atoms with Gasteiger partial charge in [0.15, 0.2) is 11.5 Å². The molecule has 38 heavy (non-hydrogen) atoms. The summed E-state index contributed by atoms with van der Waals surface area (Å²) in [5.41, 5.74) is 1.42. The number of benzene rings is 3. The quantitative estimate of drug-likeness (QED) is 0.141. The van der Waals surface area contributed by atoms with Crippen LogP contribution in [-0.4, -0.2) is 40.5 Å². The molecule has 12 heteroatoms. The lowest BCUT2D eigenvalue weighted by Crippen LogP contribution is -2.36. The molecule has 0 bridgehead atoms. The number of halogens is 1. The molecule has 4 rings (SSSR count). The van der Waals surface area contributed by atoms with Gasteiger partial charge in [-0.2, -0.15) is 0 Å². The Morgan fingerprint density at radius 3 is 2.55 bits per heavy atom. The Hall–Kier alpha value is -3.91. The van der Waals surface area contributed by atoms with Gasteiger partial charge in [-0.05, 0) is 88.5 Å². The van der Waals surface area contributed by atoms with E-state index in [0.29, 0.717) is 28.3 Å². The number of carbonyl (C=O) groups excluding carboxylic acids is 3. The fourth-order valence-corrected chi connectivity index (χ4v) is 4.73. The molecule has 0 spiro atoms. The Morgan fingerprint density at radius 1 is 1.11 bits per heavy atom. The monoisotopic (exact) mass is 645 g/mol. The Morgan fingerprint density at radius 2 is 1.84 bits per heavy atom. The highest BCUT2D eigenvalue weighted by Crippen LogP contribution is 2.35. The van der Waals surface area contributed by atoms with Crippen molar-refractivity contribution in [3.63, 3.8) is 0 Å². The van der Waals surface area contributed by atoms with Gasteiger partial charge in [0.25, 0.3) is 16.8 Å². The Bertz CT molecular complexity index is 1440. The van der Waals surface area contributed by atoms with E-state index in [2.05, 4.69) is 27.9 Å². The maximum atomic E-state index is 12.9. The molecule has 1 aliphatic heterocycles. The van der Waals surface area contributed by atoms with E-state index < -0.39 is 28.5 Å². The SMILES string of the molecule is COc1ccc(/C=C2\SC(=O)N(CC(=O)Nc3ccc(I)cc3)C2=O)cc1OCc1ccccc1[N+](=O)[O-]. The molecule has 3 amide bonds. The van der Waals surface area contributed by atoms with E-state index in [1.165, 1.54) is 19.3 Å². The molecule has 3 aromatic rings. The van der Waals surface area contributed by atoms with E-state index in [0.717, 1.165) is 20.2 Å². The zero-order valence-corrected chi connectivity index (χ0v) is 22.9. The molecule has 0 aliphatic carbocycles. The van der Waals surface area contributed by atoms with Crippen molar-refractivity contribution < 1.29 is 28.8 Å². The van der Waals surface area contributed by atoms with Crippen LogP contribution in [0.3, 0.4) is 0 Å². The zero-order valence-electron chi connectivity index (χ0n) is 19.9. The van der Waals surface area contributed by atoms with Crippen molar-refractivity contribution in [3.05, 3.63) is 96.4 Å². The number of para-hydroxylation sites is 1. The molecular formula is C26H20IN3O7S. The molecule has 10 nitrogen and oxygen atoms in total. The van der Waals surface area contributed by atoms with Gasteiger partial charge >= 0.3 is 0 Å². The van der Waals surface area contributed by atoms with Crippen molar-refractivity contribution in [2.24, 2.45) is 0 Å². The molecule has 3 aromatic carbocycles. The van der Waals surface area contributed by atoms with Crippen molar-refractivity contribution in [1.29, 1.82) is 0 Å². The van der Waals surface area contributed by atoms with Gasteiger partial charge in [0.05, 0.1) is 22.5 Å². The number of hydrogen-bond acceptors (Lipinski definition) is 8. The first-order valence-electron chi connectivity index (χ1n) is 11.1. The van der Waals surface area contributed by atoms with Gasteiger partial charge in [-0.3, -0.25) is 29.4 Å². The molecule has 0 saturated carbocycles. The Balaban J connectivity index is 1.47. The number of anilines is 1. The van der Waals surface area contributed by atoms with E-state index in [1.807, 2.05) is 12.1 Å². The lowest BCUT2D eigenvalue weighted by Gasteiger charge is -2.13. The molecule has 1 heterocycles. The smallest absolute Gasteiger partial charge is 0.294 e. The van der Waals surface area contributed by atoms with Crippen molar-refractivity contribution >= 4 is 68.9 Å². The van der Waals surface area contributed by atoms with Crippen LogP contribution in [0.1, 0.15) is 11.1 Å². The average Bonchev–Trinajstić information content (AvgIpc) is 3.16. The number of hydrogen-bond donors (Lipinski definition) is 1. The van der Waals surface area contributed by atoms with Gasteiger partial charge in [0, 0.05) is 15.3 Å². The Labute approximate surface area is 235 Å². The summed E-state index contributed by atoms with van der Waals surface area (Å²) in [7, 11) is 1.46. The van der Waals surface area contributed by atoms with Gasteiger partial charge in [-0.15, -0.1) is 0 Å². The average molecular weight is 645 g/mol. The number of nitrogens with zero attached hydrogens (tertiary/aromatic N) is 2. The number of amides is 3. The second kappa shape index (κ2) is 12.1. The number of rotatable bonds is 9. The van der Waals surface area contributed by atoms with E-state index in [4.69, 9.17) is 9.47 Å². The predicted octanol–water partition coefficient (Wildman–Crippen LogP) is 5.46. The first-order chi connectivity index (χ1) is 18.2. The third kappa shape index (κ3) is 6.50. The summed E-state index contributed by atoms with van der Waals surface area (Å²) in [4.78, 5) is 49.6. The molecule has 1 saturated heterocycles. The molecule has 1 aliphatic rings. The summed E-state index contributed by atoms with van der Waals surface area (Å²) in [6, 6.07) is 18.2. The number of carbonyl (C=O) groups is 3. The van der Waals surface area contributed by atoms with E-state index in [1.54, 1.807) is 48.5 Å². The topological polar surface area (TPSA) is 128 Å². The maximum Gasteiger partial charge on any atom is 0.294 e. The highest BCUT2D eigenvalue weighted by molar-refractivity contribution is 14.1. The highest BCUT2D eigenvalue weighted by Gasteiger charge is 2.36. The summed E-state index contributed by atoms with van der Waals surface area (Å²) in [5.74, 6) is -0.391. The van der Waals surface area contributed by atoms with E-state index >= 15 is 0 Å². The molecule has 0 atom stereocenters. The van der Waals surface area contributed by atoms with Crippen LogP contribution in [0.5, 0.6) is 11.5 Å². The minimum absolute atomic E-state index is 0.0673. The second-order valence-corrected chi connectivity index (χ2v) is 10.1. The fourth-order valence-electron chi connectivity index (χ4n) is 3.53. The predicted molar refractivity (Wildman–Crippen MR) is 151 cm³/mol.